The van der Waals surface area contributed by atoms with Gasteiger partial charge in [-0.15, -0.1) is 10.2 Å². The van der Waals surface area contributed by atoms with E-state index in [0.29, 0.717) is 24.3 Å². The van der Waals surface area contributed by atoms with E-state index >= 15 is 0 Å². The molecule has 1 heterocycles. The van der Waals surface area contributed by atoms with Gasteiger partial charge in [-0.05, 0) is 52.4 Å². The number of aryl methyl sites for hydroxylation is 1. The zero-order chi connectivity index (χ0) is 15.5. The number of alkyl carbamates (subject to hydrolysis) is 1. The lowest BCUT2D eigenvalue weighted by Crippen LogP contribution is -2.36. The number of nitrogens with zero attached hydrogens (tertiary/aromatic N) is 2. The van der Waals surface area contributed by atoms with Crippen LogP contribution in [0.15, 0.2) is 4.42 Å². The summed E-state index contributed by atoms with van der Waals surface area (Å²) in [5.41, 5.74) is -0.447. The zero-order valence-electron chi connectivity index (χ0n) is 13.3. The Labute approximate surface area is 125 Å². The largest absolute Gasteiger partial charge is 0.444 e. The molecule has 0 atom stereocenters. The Bertz CT molecular complexity index is 471. The van der Waals surface area contributed by atoms with Crippen LogP contribution in [0.2, 0.25) is 0 Å². The molecule has 1 aromatic rings. The van der Waals surface area contributed by atoms with Gasteiger partial charge in [0.2, 0.25) is 11.8 Å². The molecule has 0 aliphatic heterocycles. The lowest BCUT2D eigenvalue weighted by atomic mass is 9.82. The van der Waals surface area contributed by atoms with Crippen molar-refractivity contribution in [3.05, 3.63) is 11.8 Å². The monoisotopic (exact) mass is 295 g/mol. The minimum atomic E-state index is -0.447. The van der Waals surface area contributed by atoms with Crippen LogP contribution in [0.25, 0.3) is 0 Å². The predicted octanol–water partition coefficient (Wildman–Crippen LogP) is 3.18. The van der Waals surface area contributed by atoms with Crippen LogP contribution in [0.3, 0.4) is 0 Å². The van der Waals surface area contributed by atoms with E-state index in [0.717, 1.165) is 31.6 Å². The van der Waals surface area contributed by atoms with Crippen molar-refractivity contribution in [1.82, 2.24) is 15.5 Å². The maximum absolute atomic E-state index is 11.6. The number of carbonyl (C=O) groups excluding carboxylic acids is 1. The molecule has 1 aliphatic carbocycles. The first-order valence-electron chi connectivity index (χ1n) is 7.60. The van der Waals surface area contributed by atoms with Crippen molar-refractivity contribution >= 4 is 6.09 Å². The Morgan fingerprint density at radius 3 is 2.48 bits per heavy atom. The number of aromatic nitrogens is 2. The molecule has 6 heteroatoms. The van der Waals surface area contributed by atoms with Gasteiger partial charge in [0.15, 0.2) is 0 Å². The van der Waals surface area contributed by atoms with E-state index in [1.807, 2.05) is 27.7 Å². The van der Waals surface area contributed by atoms with Crippen molar-refractivity contribution in [2.45, 2.75) is 64.9 Å². The van der Waals surface area contributed by atoms with E-state index in [1.165, 1.54) is 0 Å². The second-order valence-corrected chi connectivity index (χ2v) is 6.76. The molecule has 118 valence electrons. The minimum absolute atomic E-state index is 0.336. The fourth-order valence-corrected chi connectivity index (χ4v) is 2.63. The number of rotatable bonds is 3. The number of hydrogen-bond acceptors (Lipinski definition) is 5. The third-order valence-electron chi connectivity index (χ3n) is 3.67. The molecular formula is C15H25N3O3. The summed E-state index contributed by atoms with van der Waals surface area (Å²) in [6.45, 7) is 8.08. The summed E-state index contributed by atoms with van der Waals surface area (Å²) in [5, 5.41) is 10.8. The van der Waals surface area contributed by atoms with Gasteiger partial charge in [0.05, 0.1) is 0 Å². The van der Waals surface area contributed by atoms with Gasteiger partial charge >= 0.3 is 6.09 Å². The topological polar surface area (TPSA) is 77.2 Å². The van der Waals surface area contributed by atoms with Crippen LogP contribution < -0.4 is 5.32 Å². The third kappa shape index (κ3) is 5.02. The lowest BCUT2D eigenvalue weighted by Gasteiger charge is -2.27. The van der Waals surface area contributed by atoms with Crippen LogP contribution >= 0.6 is 0 Å². The molecule has 0 aromatic carbocycles. The van der Waals surface area contributed by atoms with Gasteiger partial charge in [-0.25, -0.2) is 4.79 Å². The van der Waals surface area contributed by atoms with Crippen molar-refractivity contribution in [2.75, 3.05) is 6.54 Å². The molecule has 1 N–H and O–H groups in total. The molecule has 1 aromatic heterocycles. The van der Waals surface area contributed by atoms with Crippen LogP contribution in [-0.2, 0) is 4.74 Å². The number of ether oxygens (including phenoxy) is 1. The Balaban J connectivity index is 1.71. The van der Waals surface area contributed by atoms with Crippen LogP contribution in [0.4, 0.5) is 4.79 Å². The van der Waals surface area contributed by atoms with Crippen LogP contribution in [0.5, 0.6) is 0 Å². The lowest BCUT2D eigenvalue weighted by molar-refractivity contribution is 0.0514. The molecule has 21 heavy (non-hydrogen) atoms. The highest BCUT2D eigenvalue weighted by Gasteiger charge is 2.26. The van der Waals surface area contributed by atoms with E-state index in [9.17, 15) is 4.79 Å². The van der Waals surface area contributed by atoms with Gasteiger partial charge in [-0.3, -0.25) is 0 Å². The smallest absolute Gasteiger partial charge is 0.407 e. The first-order valence-corrected chi connectivity index (χ1v) is 7.60. The van der Waals surface area contributed by atoms with Crippen LogP contribution in [-0.4, -0.2) is 28.4 Å². The summed E-state index contributed by atoms with van der Waals surface area (Å²) in [6.07, 6.45) is 3.84. The zero-order valence-corrected chi connectivity index (χ0v) is 13.3. The van der Waals surface area contributed by atoms with Crippen molar-refractivity contribution < 1.29 is 13.9 Å². The van der Waals surface area contributed by atoms with Crippen LogP contribution in [0.1, 0.15) is 64.2 Å². The summed E-state index contributed by atoms with van der Waals surface area (Å²) in [6, 6.07) is 0. The second kappa shape index (κ2) is 6.45. The average molecular weight is 295 g/mol. The second-order valence-electron chi connectivity index (χ2n) is 6.76. The summed E-state index contributed by atoms with van der Waals surface area (Å²) in [7, 11) is 0. The molecule has 0 saturated heterocycles. The Hall–Kier alpha value is -1.59. The normalized spacial score (nSPS) is 22.9. The number of amides is 1. The quantitative estimate of drug-likeness (QED) is 0.926. The number of carbonyl (C=O) groups is 1. The van der Waals surface area contributed by atoms with Gasteiger partial charge < -0.3 is 14.5 Å². The Morgan fingerprint density at radius 1 is 1.29 bits per heavy atom. The van der Waals surface area contributed by atoms with Gasteiger partial charge in [0.1, 0.15) is 5.60 Å². The molecule has 0 unspecified atom stereocenters. The molecule has 2 rings (SSSR count). The minimum Gasteiger partial charge on any atom is -0.444 e. The van der Waals surface area contributed by atoms with Gasteiger partial charge in [-0.1, -0.05) is 0 Å². The van der Waals surface area contributed by atoms with Crippen molar-refractivity contribution in [3.63, 3.8) is 0 Å². The Kier molecular flexibility index (Phi) is 4.85. The maximum atomic E-state index is 11.6. The molecule has 0 bridgehead atoms. The summed E-state index contributed by atoms with van der Waals surface area (Å²) >= 11 is 0. The van der Waals surface area contributed by atoms with E-state index < -0.39 is 5.60 Å². The van der Waals surface area contributed by atoms with Crippen molar-refractivity contribution in [3.8, 4) is 0 Å². The van der Waals surface area contributed by atoms with Crippen LogP contribution in [0, 0.1) is 12.8 Å². The molecule has 6 nitrogen and oxygen atoms in total. The molecule has 1 fully saturated rings. The SMILES string of the molecule is Cc1nnc([C@H]2CC[C@H](CNC(=O)OC(C)(C)C)CC2)o1. The Morgan fingerprint density at radius 2 is 1.95 bits per heavy atom. The highest BCUT2D eigenvalue weighted by molar-refractivity contribution is 5.67. The molecule has 0 radical (unpaired) electrons. The van der Waals surface area contributed by atoms with Gasteiger partial charge in [-0.2, -0.15) is 0 Å². The van der Waals surface area contributed by atoms with E-state index in [-0.39, 0.29) is 6.09 Å². The standard InChI is InChI=1S/C15H25N3O3/c1-10-17-18-13(20-10)12-7-5-11(6-8-12)9-16-14(19)21-15(2,3)4/h11-12H,5-9H2,1-4H3,(H,16,19)/t11-,12-. The summed E-state index contributed by atoms with van der Waals surface area (Å²) in [5.74, 6) is 2.24. The first-order chi connectivity index (χ1) is 9.83. The van der Waals surface area contributed by atoms with E-state index in [4.69, 9.17) is 9.15 Å². The molecule has 1 amide bonds. The molecule has 1 saturated carbocycles. The first kappa shape index (κ1) is 15.8. The molecular weight excluding hydrogens is 270 g/mol. The van der Waals surface area contributed by atoms with Gasteiger partial charge in [0.25, 0.3) is 0 Å². The fraction of sp³-hybridized carbons (Fsp3) is 0.800. The van der Waals surface area contributed by atoms with Crippen molar-refractivity contribution in [1.29, 1.82) is 0 Å². The predicted molar refractivity (Wildman–Crippen MR) is 78.0 cm³/mol. The van der Waals surface area contributed by atoms with Crippen molar-refractivity contribution in [2.24, 2.45) is 5.92 Å². The van der Waals surface area contributed by atoms with E-state index in [2.05, 4.69) is 15.5 Å². The number of hydrogen-bond donors (Lipinski definition) is 1. The van der Waals surface area contributed by atoms with E-state index in [1.54, 1.807) is 0 Å². The number of nitrogens with one attached hydrogen (secondary N) is 1. The third-order valence-corrected chi connectivity index (χ3v) is 3.67. The highest BCUT2D eigenvalue weighted by Crippen LogP contribution is 2.34. The molecule has 1 aliphatic rings. The maximum Gasteiger partial charge on any atom is 0.407 e. The highest BCUT2D eigenvalue weighted by atomic mass is 16.6. The summed E-state index contributed by atoms with van der Waals surface area (Å²) in [4.78, 5) is 11.6. The molecule has 0 spiro atoms. The fourth-order valence-electron chi connectivity index (χ4n) is 2.63. The summed E-state index contributed by atoms with van der Waals surface area (Å²) < 4.78 is 10.7. The van der Waals surface area contributed by atoms with Gasteiger partial charge in [0, 0.05) is 19.4 Å². The average Bonchev–Trinajstić information content (AvgIpc) is 2.82.